The zero-order valence-corrected chi connectivity index (χ0v) is 16.7. The first-order valence-electron chi connectivity index (χ1n) is 9.98. The Hall–Kier alpha value is -2.03. The predicted molar refractivity (Wildman–Crippen MR) is 106 cm³/mol. The second kappa shape index (κ2) is 8.01. The fraction of sp³-hybridized carbons (Fsp3) is 0.571. The topological polar surface area (TPSA) is 58.1 Å². The lowest BCUT2D eigenvalue weighted by molar-refractivity contribution is -0.0468. The van der Waals surface area contributed by atoms with Crippen molar-refractivity contribution in [3.63, 3.8) is 0 Å². The van der Waals surface area contributed by atoms with Crippen LogP contribution in [0.5, 0.6) is 11.5 Å². The Morgan fingerprint density at radius 1 is 1.34 bits per heavy atom. The summed E-state index contributed by atoms with van der Waals surface area (Å²) in [5.41, 5.74) is 0.831. The molecule has 3 heterocycles. The van der Waals surface area contributed by atoms with Crippen LogP contribution in [-0.4, -0.2) is 77.5 Å². The van der Waals surface area contributed by atoms with E-state index in [9.17, 15) is 13.9 Å². The maximum atomic E-state index is 13.6. The minimum Gasteiger partial charge on any atom is -0.497 e. The van der Waals surface area contributed by atoms with E-state index < -0.39 is 12.2 Å². The molecule has 4 rings (SSSR count). The number of rotatable bonds is 6. The van der Waals surface area contributed by atoms with Crippen LogP contribution >= 0.6 is 0 Å². The van der Waals surface area contributed by atoms with Crippen LogP contribution in [0.3, 0.4) is 0 Å². The third-order valence-corrected chi connectivity index (χ3v) is 5.81. The van der Waals surface area contributed by atoms with Gasteiger partial charge in [-0.05, 0) is 37.6 Å². The molecule has 0 bridgehead atoms. The molecule has 2 fully saturated rings. The molecule has 1 aromatic heterocycles. The molecule has 6 nitrogen and oxygen atoms in total. The second-order valence-corrected chi connectivity index (χ2v) is 8.04. The Bertz CT molecular complexity index is 866. The van der Waals surface area contributed by atoms with E-state index in [-0.39, 0.29) is 25.1 Å². The zero-order chi connectivity index (χ0) is 20.6. The van der Waals surface area contributed by atoms with Crippen molar-refractivity contribution in [3.8, 4) is 11.5 Å². The number of nitrogens with zero attached hydrogens (tertiary/aromatic N) is 3. The second-order valence-electron chi connectivity index (χ2n) is 8.04. The Kier molecular flexibility index (Phi) is 5.59. The van der Waals surface area contributed by atoms with Gasteiger partial charge in [0.2, 0.25) is 0 Å². The summed E-state index contributed by atoms with van der Waals surface area (Å²) in [5.74, 6) is -1.24. The number of halogens is 2. The molecule has 0 radical (unpaired) electrons. The summed E-state index contributed by atoms with van der Waals surface area (Å²) >= 11 is 0. The highest BCUT2D eigenvalue weighted by Crippen LogP contribution is 2.33. The lowest BCUT2D eigenvalue weighted by Crippen LogP contribution is -2.46. The van der Waals surface area contributed by atoms with Crippen LogP contribution in [0.4, 0.5) is 8.78 Å². The molecule has 0 amide bonds. The van der Waals surface area contributed by atoms with E-state index in [1.54, 1.807) is 20.2 Å². The first-order chi connectivity index (χ1) is 13.8. The van der Waals surface area contributed by atoms with E-state index in [1.165, 1.54) is 4.90 Å². The van der Waals surface area contributed by atoms with Crippen LogP contribution in [0.2, 0.25) is 0 Å². The number of aliphatic hydroxyl groups is 1. The van der Waals surface area contributed by atoms with Crippen LogP contribution < -0.4 is 9.47 Å². The van der Waals surface area contributed by atoms with E-state index in [4.69, 9.17) is 9.47 Å². The minimum atomic E-state index is -2.72. The summed E-state index contributed by atoms with van der Waals surface area (Å²) in [6.07, 6.45) is 1.40. The third-order valence-electron chi connectivity index (χ3n) is 5.81. The van der Waals surface area contributed by atoms with Gasteiger partial charge in [0, 0.05) is 43.7 Å². The van der Waals surface area contributed by atoms with E-state index in [2.05, 4.69) is 9.88 Å². The molecule has 2 saturated heterocycles. The zero-order valence-electron chi connectivity index (χ0n) is 16.7. The van der Waals surface area contributed by atoms with Crippen LogP contribution in [-0.2, 0) is 0 Å². The highest BCUT2D eigenvalue weighted by molar-refractivity contribution is 5.86. The molecule has 8 heteroatoms. The summed E-state index contributed by atoms with van der Waals surface area (Å²) in [4.78, 5) is 7.93. The third kappa shape index (κ3) is 4.44. The standard InChI is InChI=1S/C21H27F2N3O3/c1-14-10-21(22,23)13-26(14)20(27)12-25-8-6-16(11-25)29-19-5-7-24-18-4-3-15(28-2)9-17(18)19/h3-5,7,9,14,16,20,27H,6,8,10-13H2,1-2H3/t14-,16+,20?/m1/s1. The molecule has 0 saturated carbocycles. The Balaban J connectivity index is 1.38. The fourth-order valence-electron chi connectivity index (χ4n) is 4.34. The van der Waals surface area contributed by atoms with Gasteiger partial charge < -0.3 is 14.6 Å². The van der Waals surface area contributed by atoms with Gasteiger partial charge in [-0.1, -0.05) is 0 Å². The number of pyridine rings is 1. The van der Waals surface area contributed by atoms with E-state index in [1.807, 2.05) is 24.3 Å². The maximum Gasteiger partial charge on any atom is 0.262 e. The molecule has 1 unspecified atom stereocenters. The van der Waals surface area contributed by atoms with Gasteiger partial charge in [0.15, 0.2) is 0 Å². The van der Waals surface area contributed by atoms with Crippen molar-refractivity contribution in [2.24, 2.45) is 0 Å². The number of aromatic nitrogens is 1. The molecular weight excluding hydrogens is 380 g/mol. The van der Waals surface area contributed by atoms with E-state index in [0.29, 0.717) is 13.1 Å². The van der Waals surface area contributed by atoms with Crippen molar-refractivity contribution in [1.29, 1.82) is 0 Å². The van der Waals surface area contributed by atoms with Gasteiger partial charge in [0.05, 0.1) is 19.2 Å². The molecular formula is C21H27F2N3O3. The number of aliphatic hydroxyl groups excluding tert-OH is 1. The number of alkyl halides is 2. The number of methoxy groups -OCH3 is 1. The highest BCUT2D eigenvalue weighted by atomic mass is 19.3. The van der Waals surface area contributed by atoms with Crippen molar-refractivity contribution in [3.05, 3.63) is 30.5 Å². The summed E-state index contributed by atoms with van der Waals surface area (Å²) in [5, 5.41) is 11.4. The molecule has 29 heavy (non-hydrogen) atoms. The molecule has 3 atom stereocenters. The average molecular weight is 407 g/mol. The Morgan fingerprint density at radius 3 is 2.90 bits per heavy atom. The molecule has 2 aliphatic heterocycles. The summed E-state index contributed by atoms with van der Waals surface area (Å²) in [6.45, 7) is 3.10. The number of fused-ring (bicyclic) bond motifs is 1. The first-order valence-corrected chi connectivity index (χ1v) is 9.98. The number of hydrogen-bond acceptors (Lipinski definition) is 6. The molecule has 0 spiro atoms. The largest absolute Gasteiger partial charge is 0.497 e. The minimum absolute atomic E-state index is 0.0311. The lowest BCUT2D eigenvalue weighted by Gasteiger charge is -2.30. The molecule has 2 aromatic rings. The van der Waals surface area contributed by atoms with Crippen molar-refractivity contribution in [2.45, 2.75) is 44.1 Å². The van der Waals surface area contributed by atoms with E-state index in [0.717, 1.165) is 35.4 Å². The first kappa shape index (κ1) is 20.3. The fourth-order valence-corrected chi connectivity index (χ4v) is 4.34. The highest BCUT2D eigenvalue weighted by Gasteiger charge is 2.45. The Labute approximate surface area is 169 Å². The SMILES string of the molecule is COc1ccc2nccc(O[C@H]3CCN(CC(O)N4CC(F)(F)C[C@H]4C)C3)c2c1. The Morgan fingerprint density at radius 2 is 2.17 bits per heavy atom. The van der Waals surface area contributed by atoms with Crippen molar-refractivity contribution in [1.82, 2.24) is 14.8 Å². The average Bonchev–Trinajstić information content (AvgIpc) is 3.24. The van der Waals surface area contributed by atoms with Crippen LogP contribution in [0.15, 0.2) is 30.5 Å². The molecule has 0 aliphatic carbocycles. The number of benzene rings is 1. The maximum absolute atomic E-state index is 13.6. The molecule has 1 N–H and O–H groups in total. The van der Waals surface area contributed by atoms with Crippen molar-refractivity contribution in [2.75, 3.05) is 33.3 Å². The van der Waals surface area contributed by atoms with Gasteiger partial charge in [-0.2, -0.15) is 0 Å². The van der Waals surface area contributed by atoms with Gasteiger partial charge in [-0.3, -0.25) is 14.8 Å². The van der Waals surface area contributed by atoms with Crippen LogP contribution in [0.25, 0.3) is 10.9 Å². The summed E-state index contributed by atoms with van der Waals surface area (Å²) in [6, 6.07) is 7.18. The van der Waals surface area contributed by atoms with Crippen molar-refractivity contribution < 1.29 is 23.4 Å². The lowest BCUT2D eigenvalue weighted by atomic mass is 10.2. The van der Waals surface area contributed by atoms with Gasteiger partial charge in [-0.25, -0.2) is 8.78 Å². The summed E-state index contributed by atoms with van der Waals surface area (Å²) in [7, 11) is 1.62. The molecule has 1 aromatic carbocycles. The van der Waals surface area contributed by atoms with E-state index >= 15 is 0 Å². The molecule has 2 aliphatic rings. The summed E-state index contributed by atoms with van der Waals surface area (Å²) < 4.78 is 38.7. The number of hydrogen-bond donors (Lipinski definition) is 1. The predicted octanol–water partition coefficient (Wildman–Crippen LogP) is 2.74. The van der Waals surface area contributed by atoms with Gasteiger partial charge in [-0.15, -0.1) is 0 Å². The molecule has 158 valence electrons. The normalized spacial score (nSPS) is 26.1. The van der Waals surface area contributed by atoms with Crippen molar-refractivity contribution >= 4 is 10.9 Å². The van der Waals surface area contributed by atoms with Gasteiger partial charge >= 0.3 is 0 Å². The quantitative estimate of drug-likeness (QED) is 0.795. The van der Waals surface area contributed by atoms with Gasteiger partial charge in [0.1, 0.15) is 23.8 Å². The van der Waals surface area contributed by atoms with Crippen LogP contribution in [0.1, 0.15) is 19.8 Å². The number of ether oxygens (including phenoxy) is 2. The van der Waals surface area contributed by atoms with Gasteiger partial charge in [0.25, 0.3) is 5.92 Å². The monoisotopic (exact) mass is 407 g/mol. The number of likely N-dealkylation sites (tertiary alicyclic amines) is 2. The van der Waals surface area contributed by atoms with Crippen LogP contribution in [0, 0.1) is 0 Å². The smallest absolute Gasteiger partial charge is 0.262 e. The number of β-amino-alcohol motifs (C(OH)–C–C–N with tert-alkyl or cyclic N) is 1.